The SMILES string of the molecule is O=C(NCCSc1ccccc1)c1ccnc(F)c1. The van der Waals surface area contributed by atoms with Gasteiger partial charge >= 0.3 is 0 Å². The highest BCUT2D eigenvalue weighted by molar-refractivity contribution is 7.99. The molecule has 2 rings (SSSR count). The maximum Gasteiger partial charge on any atom is 0.251 e. The van der Waals surface area contributed by atoms with Gasteiger partial charge in [-0.15, -0.1) is 11.8 Å². The second-order valence-corrected chi connectivity index (χ2v) is 4.95. The fraction of sp³-hybridized carbons (Fsp3) is 0.143. The lowest BCUT2D eigenvalue weighted by atomic mass is 10.2. The minimum Gasteiger partial charge on any atom is -0.351 e. The molecular formula is C14H13FN2OS. The van der Waals surface area contributed by atoms with E-state index in [1.165, 1.54) is 12.3 Å². The zero-order chi connectivity index (χ0) is 13.5. The first-order chi connectivity index (χ1) is 9.25. The van der Waals surface area contributed by atoms with E-state index in [4.69, 9.17) is 0 Å². The highest BCUT2D eigenvalue weighted by Crippen LogP contribution is 2.15. The zero-order valence-electron chi connectivity index (χ0n) is 10.2. The maximum atomic E-state index is 12.8. The molecule has 0 saturated carbocycles. The lowest BCUT2D eigenvalue weighted by molar-refractivity contribution is 0.0955. The molecule has 1 aromatic heterocycles. The van der Waals surface area contributed by atoms with E-state index in [1.807, 2.05) is 30.3 Å². The van der Waals surface area contributed by atoms with E-state index in [0.717, 1.165) is 16.7 Å². The van der Waals surface area contributed by atoms with Crippen LogP contribution in [0.1, 0.15) is 10.4 Å². The lowest BCUT2D eigenvalue weighted by Crippen LogP contribution is -2.25. The quantitative estimate of drug-likeness (QED) is 0.519. The molecule has 2 aromatic rings. The molecule has 0 radical (unpaired) electrons. The molecule has 0 atom stereocenters. The average molecular weight is 276 g/mol. The van der Waals surface area contributed by atoms with Crippen LogP contribution < -0.4 is 5.32 Å². The van der Waals surface area contributed by atoms with Gasteiger partial charge in [-0.25, -0.2) is 4.98 Å². The van der Waals surface area contributed by atoms with Crippen molar-refractivity contribution in [1.82, 2.24) is 10.3 Å². The summed E-state index contributed by atoms with van der Waals surface area (Å²) in [4.78, 5) is 16.3. The number of carbonyl (C=O) groups is 1. The summed E-state index contributed by atoms with van der Waals surface area (Å²) in [5.74, 6) is -0.162. The third-order valence-electron chi connectivity index (χ3n) is 2.39. The predicted molar refractivity (Wildman–Crippen MR) is 73.7 cm³/mol. The minimum atomic E-state index is -0.647. The number of nitrogens with one attached hydrogen (secondary N) is 1. The van der Waals surface area contributed by atoms with Crippen molar-refractivity contribution in [1.29, 1.82) is 0 Å². The Morgan fingerprint density at radius 1 is 1.26 bits per heavy atom. The van der Waals surface area contributed by atoms with Crippen molar-refractivity contribution < 1.29 is 9.18 Å². The van der Waals surface area contributed by atoms with E-state index < -0.39 is 5.95 Å². The molecule has 5 heteroatoms. The Kier molecular flexibility index (Phi) is 4.92. The normalized spacial score (nSPS) is 10.2. The third kappa shape index (κ3) is 4.37. The molecule has 1 aromatic carbocycles. The van der Waals surface area contributed by atoms with Crippen LogP contribution in [0, 0.1) is 5.95 Å². The fourth-order valence-corrected chi connectivity index (χ4v) is 2.29. The summed E-state index contributed by atoms with van der Waals surface area (Å²) in [5, 5.41) is 2.74. The molecule has 98 valence electrons. The van der Waals surface area contributed by atoms with Gasteiger partial charge in [0.2, 0.25) is 5.95 Å². The van der Waals surface area contributed by atoms with Crippen LogP contribution in [-0.2, 0) is 0 Å². The maximum absolute atomic E-state index is 12.8. The number of hydrogen-bond donors (Lipinski definition) is 1. The number of rotatable bonds is 5. The summed E-state index contributed by atoms with van der Waals surface area (Å²) in [6.45, 7) is 0.530. The largest absolute Gasteiger partial charge is 0.351 e. The molecule has 0 aliphatic rings. The first kappa shape index (κ1) is 13.5. The van der Waals surface area contributed by atoms with Gasteiger partial charge in [0.05, 0.1) is 0 Å². The number of nitrogens with zero attached hydrogens (tertiary/aromatic N) is 1. The van der Waals surface area contributed by atoms with Gasteiger partial charge in [-0.05, 0) is 18.2 Å². The van der Waals surface area contributed by atoms with Crippen molar-refractivity contribution in [3.8, 4) is 0 Å². The van der Waals surface area contributed by atoms with E-state index in [-0.39, 0.29) is 11.5 Å². The number of hydrogen-bond acceptors (Lipinski definition) is 3. The Balaban J connectivity index is 1.75. The van der Waals surface area contributed by atoms with Gasteiger partial charge in [0, 0.05) is 35.0 Å². The standard InChI is InChI=1S/C14H13FN2OS/c15-13-10-11(6-7-16-13)14(18)17-8-9-19-12-4-2-1-3-5-12/h1-7,10H,8-9H2,(H,17,18). The molecule has 19 heavy (non-hydrogen) atoms. The van der Waals surface area contributed by atoms with Crippen molar-refractivity contribution in [2.24, 2.45) is 0 Å². The number of benzene rings is 1. The summed E-state index contributed by atoms with van der Waals surface area (Å²) >= 11 is 1.66. The molecule has 0 spiro atoms. The van der Waals surface area contributed by atoms with Gasteiger partial charge < -0.3 is 5.32 Å². The predicted octanol–water partition coefficient (Wildman–Crippen LogP) is 2.74. The van der Waals surface area contributed by atoms with Gasteiger partial charge in [-0.3, -0.25) is 4.79 Å². The Labute approximate surface area is 115 Å². The van der Waals surface area contributed by atoms with Crippen molar-refractivity contribution in [3.05, 3.63) is 60.2 Å². The van der Waals surface area contributed by atoms with Crippen molar-refractivity contribution in [3.63, 3.8) is 0 Å². The topological polar surface area (TPSA) is 42.0 Å². The molecule has 1 amide bonds. The molecule has 0 aliphatic heterocycles. The first-order valence-corrected chi connectivity index (χ1v) is 6.82. The molecular weight excluding hydrogens is 263 g/mol. The number of aromatic nitrogens is 1. The zero-order valence-corrected chi connectivity index (χ0v) is 11.0. The Morgan fingerprint density at radius 2 is 2.05 bits per heavy atom. The van der Waals surface area contributed by atoms with Crippen molar-refractivity contribution >= 4 is 17.7 Å². The Hall–Kier alpha value is -1.88. The Bertz CT molecular complexity index is 548. The molecule has 0 unspecified atom stereocenters. The van der Waals surface area contributed by atoms with Crippen LogP contribution in [0.3, 0.4) is 0 Å². The van der Waals surface area contributed by atoms with Gasteiger partial charge in [0.25, 0.3) is 5.91 Å². The monoisotopic (exact) mass is 276 g/mol. The van der Waals surface area contributed by atoms with Crippen LogP contribution in [0.4, 0.5) is 4.39 Å². The number of thioether (sulfide) groups is 1. The minimum absolute atomic E-state index is 0.282. The average Bonchev–Trinajstić information content (AvgIpc) is 2.44. The van der Waals surface area contributed by atoms with Crippen LogP contribution in [0.15, 0.2) is 53.6 Å². The van der Waals surface area contributed by atoms with Crippen LogP contribution in [0.5, 0.6) is 0 Å². The van der Waals surface area contributed by atoms with Crippen LogP contribution in [-0.4, -0.2) is 23.2 Å². The van der Waals surface area contributed by atoms with Crippen LogP contribution in [0.25, 0.3) is 0 Å². The molecule has 1 heterocycles. The number of halogens is 1. The summed E-state index contributed by atoms with van der Waals surface area (Å²) in [6, 6.07) is 12.6. The third-order valence-corrected chi connectivity index (χ3v) is 3.40. The Morgan fingerprint density at radius 3 is 2.79 bits per heavy atom. The molecule has 3 nitrogen and oxygen atoms in total. The van der Waals surface area contributed by atoms with Gasteiger partial charge in [-0.2, -0.15) is 4.39 Å². The first-order valence-electron chi connectivity index (χ1n) is 5.83. The molecule has 0 saturated heterocycles. The van der Waals surface area contributed by atoms with Gasteiger partial charge in [-0.1, -0.05) is 18.2 Å². The number of carbonyl (C=O) groups excluding carboxylic acids is 1. The van der Waals surface area contributed by atoms with E-state index in [2.05, 4.69) is 10.3 Å². The summed E-state index contributed by atoms with van der Waals surface area (Å²) in [7, 11) is 0. The highest BCUT2D eigenvalue weighted by atomic mass is 32.2. The van der Waals surface area contributed by atoms with Crippen molar-refractivity contribution in [2.45, 2.75) is 4.90 Å². The smallest absolute Gasteiger partial charge is 0.251 e. The molecule has 1 N–H and O–H groups in total. The van der Waals surface area contributed by atoms with Gasteiger partial charge in [0.1, 0.15) is 0 Å². The van der Waals surface area contributed by atoms with Gasteiger partial charge in [0.15, 0.2) is 0 Å². The molecule has 0 bridgehead atoms. The van der Waals surface area contributed by atoms with Crippen LogP contribution >= 0.6 is 11.8 Å². The number of pyridine rings is 1. The molecule has 0 fully saturated rings. The summed E-state index contributed by atoms with van der Waals surface area (Å²) < 4.78 is 12.8. The van der Waals surface area contributed by atoms with Crippen LogP contribution in [0.2, 0.25) is 0 Å². The van der Waals surface area contributed by atoms with E-state index in [1.54, 1.807) is 11.8 Å². The van der Waals surface area contributed by atoms with E-state index in [9.17, 15) is 9.18 Å². The number of amides is 1. The fourth-order valence-electron chi connectivity index (χ4n) is 1.50. The highest BCUT2D eigenvalue weighted by Gasteiger charge is 2.05. The van der Waals surface area contributed by atoms with Crippen molar-refractivity contribution in [2.75, 3.05) is 12.3 Å². The second-order valence-electron chi connectivity index (χ2n) is 3.78. The van der Waals surface area contributed by atoms with E-state index in [0.29, 0.717) is 6.54 Å². The summed E-state index contributed by atoms with van der Waals surface area (Å²) in [5.41, 5.74) is 0.289. The second kappa shape index (κ2) is 6.89. The lowest BCUT2D eigenvalue weighted by Gasteiger charge is -2.05. The van der Waals surface area contributed by atoms with E-state index >= 15 is 0 Å². The molecule has 0 aliphatic carbocycles. The summed E-state index contributed by atoms with van der Waals surface area (Å²) in [6.07, 6.45) is 1.28.